The van der Waals surface area contributed by atoms with Crippen molar-refractivity contribution in [1.29, 1.82) is 5.26 Å². The van der Waals surface area contributed by atoms with Crippen LogP contribution in [0.4, 0.5) is 0 Å². The summed E-state index contributed by atoms with van der Waals surface area (Å²) in [6.45, 7) is 0.796. The highest BCUT2D eigenvalue weighted by atomic mass is 16.5. The molecule has 32 heavy (non-hydrogen) atoms. The van der Waals surface area contributed by atoms with Gasteiger partial charge in [0.05, 0.1) is 7.11 Å². The van der Waals surface area contributed by atoms with E-state index in [1.807, 2.05) is 6.07 Å². The van der Waals surface area contributed by atoms with Crippen LogP contribution < -0.4 is 20.3 Å². The van der Waals surface area contributed by atoms with Crippen molar-refractivity contribution in [2.24, 2.45) is 0 Å². The molecule has 0 atom stereocenters. The minimum atomic E-state index is -0.607. The summed E-state index contributed by atoms with van der Waals surface area (Å²) in [6.07, 6.45) is 3.32. The van der Waals surface area contributed by atoms with Crippen LogP contribution in [0.2, 0.25) is 0 Å². The predicted octanol–water partition coefficient (Wildman–Crippen LogP) is 2.56. The Bertz CT molecular complexity index is 1240. The van der Waals surface area contributed by atoms with Crippen molar-refractivity contribution in [3.05, 3.63) is 70.2 Å². The van der Waals surface area contributed by atoms with E-state index in [9.17, 15) is 14.9 Å². The highest BCUT2D eigenvalue weighted by molar-refractivity contribution is 6.01. The first-order valence-corrected chi connectivity index (χ1v) is 9.80. The lowest BCUT2D eigenvalue weighted by atomic mass is 10.1. The van der Waals surface area contributed by atoms with Crippen LogP contribution >= 0.6 is 0 Å². The third kappa shape index (κ3) is 5.11. The monoisotopic (exact) mass is 434 g/mol. The molecule has 164 valence electrons. The smallest absolute Gasteiger partial charge is 0.269 e. The third-order valence-electron chi connectivity index (χ3n) is 4.47. The third-order valence-corrected chi connectivity index (χ3v) is 4.47. The molecule has 1 amide bonds. The molecule has 0 bridgehead atoms. The lowest BCUT2D eigenvalue weighted by Gasteiger charge is -2.12. The van der Waals surface area contributed by atoms with Crippen LogP contribution in [0.15, 0.2) is 59.0 Å². The number of fused-ring (bicyclic) bond motifs is 1. The molecule has 0 unspecified atom stereocenters. The van der Waals surface area contributed by atoms with Gasteiger partial charge in [-0.25, -0.2) is 0 Å². The van der Waals surface area contributed by atoms with E-state index in [1.165, 1.54) is 17.6 Å². The average Bonchev–Trinajstić information content (AvgIpc) is 2.82. The molecule has 2 heterocycles. The summed E-state index contributed by atoms with van der Waals surface area (Å²) < 4.78 is 17.5. The van der Waals surface area contributed by atoms with Crippen molar-refractivity contribution in [1.82, 2.24) is 14.7 Å². The molecule has 9 heteroatoms. The van der Waals surface area contributed by atoms with Crippen LogP contribution in [0.3, 0.4) is 0 Å². The van der Waals surface area contributed by atoms with Gasteiger partial charge in [0.25, 0.3) is 11.5 Å². The van der Waals surface area contributed by atoms with E-state index in [0.717, 1.165) is 0 Å². The minimum Gasteiger partial charge on any atom is -0.493 e. The Morgan fingerprint density at radius 1 is 1.19 bits per heavy atom. The zero-order chi connectivity index (χ0) is 22.9. The summed E-state index contributed by atoms with van der Waals surface area (Å²) in [5.41, 5.74) is -0.423. The number of para-hydroxylation sites is 2. The molecule has 0 aliphatic rings. The number of nitrogens with zero attached hydrogens (tertiary/aromatic N) is 3. The highest BCUT2D eigenvalue weighted by Crippen LogP contribution is 2.31. The van der Waals surface area contributed by atoms with Gasteiger partial charge in [0.1, 0.15) is 22.9 Å². The zero-order valence-corrected chi connectivity index (χ0v) is 17.7. The number of carbonyl (C=O) groups is 1. The number of hydrogen-bond acceptors (Lipinski definition) is 7. The molecule has 0 radical (unpaired) electrons. The van der Waals surface area contributed by atoms with Crippen molar-refractivity contribution < 1.29 is 19.0 Å². The van der Waals surface area contributed by atoms with Crippen LogP contribution in [-0.4, -0.2) is 42.7 Å². The Labute approximate surface area is 184 Å². The summed E-state index contributed by atoms with van der Waals surface area (Å²) in [5, 5.41) is 12.2. The van der Waals surface area contributed by atoms with Gasteiger partial charge < -0.3 is 19.5 Å². The van der Waals surface area contributed by atoms with Gasteiger partial charge in [-0.15, -0.1) is 0 Å². The SMILES string of the molecule is COCCCNC(=O)C(C#N)=Cc1c(Oc2ccccc2OC)nc2ccccn2c1=O. The van der Waals surface area contributed by atoms with E-state index < -0.39 is 11.5 Å². The molecule has 9 nitrogen and oxygen atoms in total. The predicted molar refractivity (Wildman–Crippen MR) is 118 cm³/mol. The second-order valence-electron chi connectivity index (χ2n) is 6.59. The van der Waals surface area contributed by atoms with Crippen LogP contribution in [0.25, 0.3) is 11.7 Å². The zero-order valence-electron chi connectivity index (χ0n) is 17.7. The Morgan fingerprint density at radius 3 is 2.66 bits per heavy atom. The summed E-state index contributed by atoms with van der Waals surface area (Å²) in [6, 6.07) is 13.8. The van der Waals surface area contributed by atoms with Gasteiger partial charge in [0.15, 0.2) is 11.5 Å². The number of carbonyl (C=O) groups excluding carboxylic acids is 1. The Balaban J connectivity index is 2.07. The number of methoxy groups -OCH3 is 2. The number of rotatable bonds is 9. The fourth-order valence-electron chi connectivity index (χ4n) is 2.90. The number of nitriles is 1. The summed E-state index contributed by atoms with van der Waals surface area (Å²) in [7, 11) is 3.05. The quantitative estimate of drug-likeness (QED) is 0.313. The molecule has 0 fully saturated rings. The van der Waals surface area contributed by atoms with Gasteiger partial charge in [-0.05, 0) is 36.8 Å². The Morgan fingerprint density at radius 2 is 1.94 bits per heavy atom. The van der Waals surface area contributed by atoms with E-state index in [1.54, 1.807) is 55.8 Å². The van der Waals surface area contributed by atoms with Gasteiger partial charge in [-0.3, -0.25) is 14.0 Å². The number of benzene rings is 1. The van der Waals surface area contributed by atoms with Crippen LogP contribution in [0, 0.1) is 11.3 Å². The molecular formula is C23H22N4O5. The van der Waals surface area contributed by atoms with Gasteiger partial charge in [0.2, 0.25) is 5.88 Å². The summed E-state index contributed by atoms with van der Waals surface area (Å²) >= 11 is 0. The topological polar surface area (TPSA) is 115 Å². The van der Waals surface area contributed by atoms with Crippen molar-refractivity contribution >= 4 is 17.6 Å². The van der Waals surface area contributed by atoms with Gasteiger partial charge >= 0.3 is 0 Å². The molecule has 3 rings (SSSR count). The molecule has 3 aromatic rings. The van der Waals surface area contributed by atoms with Crippen LogP contribution in [0.1, 0.15) is 12.0 Å². The maximum Gasteiger partial charge on any atom is 0.269 e. The van der Waals surface area contributed by atoms with Crippen molar-refractivity contribution in [2.75, 3.05) is 27.4 Å². The van der Waals surface area contributed by atoms with Crippen molar-refractivity contribution in [3.63, 3.8) is 0 Å². The number of nitrogens with one attached hydrogen (secondary N) is 1. The summed E-state index contributed by atoms with van der Waals surface area (Å²) in [5.74, 6) is 0.114. The minimum absolute atomic E-state index is 0.0387. The molecule has 0 saturated carbocycles. The average molecular weight is 434 g/mol. The first-order valence-electron chi connectivity index (χ1n) is 9.80. The van der Waals surface area contributed by atoms with Crippen molar-refractivity contribution in [2.45, 2.75) is 6.42 Å². The van der Waals surface area contributed by atoms with Gasteiger partial charge in [-0.1, -0.05) is 18.2 Å². The summed E-state index contributed by atoms with van der Waals surface area (Å²) in [4.78, 5) is 30.1. The second kappa shape index (κ2) is 10.7. The van der Waals surface area contributed by atoms with Crippen molar-refractivity contribution in [3.8, 4) is 23.4 Å². The number of amides is 1. The number of pyridine rings is 1. The van der Waals surface area contributed by atoms with E-state index in [4.69, 9.17) is 14.2 Å². The fourth-order valence-corrected chi connectivity index (χ4v) is 2.90. The van der Waals surface area contributed by atoms with Crippen LogP contribution in [-0.2, 0) is 9.53 Å². The molecular weight excluding hydrogens is 412 g/mol. The molecule has 0 saturated heterocycles. The molecule has 2 aromatic heterocycles. The number of ether oxygens (including phenoxy) is 3. The maximum atomic E-state index is 13.2. The largest absolute Gasteiger partial charge is 0.493 e. The normalized spacial score (nSPS) is 11.1. The maximum absolute atomic E-state index is 13.2. The second-order valence-corrected chi connectivity index (χ2v) is 6.59. The molecule has 1 N–H and O–H groups in total. The van der Waals surface area contributed by atoms with E-state index >= 15 is 0 Å². The van der Waals surface area contributed by atoms with Crippen LogP contribution in [0.5, 0.6) is 17.4 Å². The lowest BCUT2D eigenvalue weighted by molar-refractivity contribution is -0.117. The molecule has 0 aliphatic carbocycles. The molecule has 0 aliphatic heterocycles. The molecule has 1 aromatic carbocycles. The Kier molecular flexibility index (Phi) is 7.56. The van der Waals surface area contributed by atoms with E-state index in [2.05, 4.69) is 10.3 Å². The Hall–Kier alpha value is -4.16. The molecule has 0 spiro atoms. The first-order chi connectivity index (χ1) is 15.6. The standard InChI is InChI=1S/C23H22N4O5/c1-30-13-7-11-25-21(28)16(15-24)14-17-22(32-19-9-4-3-8-18(19)31-2)26-20-10-5-6-12-27(20)23(17)29/h3-6,8-10,12,14H,7,11,13H2,1-2H3,(H,25,28). The van der Waals surface area contributed by atoms with Gasteiger partial charge in [0, 0.05) is 26.5 Å². The van der Waals surface area contributed by atoms with Gasteiger partial charge in [-0.2, -0.15) is 10.2 Å². The first kappa shape index (κ1) is 22.5. The number of aromatic nitrogens is 2. The van der Waals surface area contributed by atoms with E-state index in [0.29, 0.717) is 36.7 Å². The highest BCUT2D eigenvalue weighted by Gasteiger charge is 2.18. The lowest BCUT2D eigenvalue weighted by Crippen LogP contribution is -2.27. The fraction of sp³-hybridized carbons (Fsp3) is 0.217. The number of hydrogen-bond donors (Lipinski definition) is 1. The van der Waals surface area contributed by atoms with E-state index in [-0.39, 0.29) is 17.0 Å².